The standard InChI is InChI=1S/C63H44N4/c1-6-18-47(19-7-1)61-57-41-56-55-37-34-46(31-30-45-32-35-52(36-33-45)66(53-28-16-38-64-43-53)54-29-17-39-65-44-54)40-58(55)63(49-22-10-3-11-23-49,50-24-12-4-13-25-50)59(56)42-60(57)67(51-26-14-5-15-27-51)62(61)48-20-8-2-9-21-48/h1-44H/b31-30+. The monoisotopic (exact) mass is 856 g/mol. The molecule has 0 fully saturated rings. The molecule has 12 rings (SSSR count). The third-order valence-corrected chi connectivity index (χ3v) is 13.2. The Morgan fingerprint density at radius 1 is 0.418 bits per heavy atom. The van der Waals surface area contributed by atoms with Crippen molar-refractivity contribution in [1.82, 2.24) is 14.5 Å². The summed E-state index contributed by atoms with van der Waals surface area (Å²) < 4.78 is 2.49. The van der Waals surface area contributed by atoms with E-state index in [0.717, 1.165) is 33.9 Å². The average Bonchev–Trinajstić information content (AvgIpc) is 3.89. The SMILES string of the molecule is C(=C\c1ccc2c(c1)C(c1ccccc1)(c1ccccc1)c1cc3c(cc1-2)c(-c1ccccc1)c(-c1ccccc1)n3-c1ccccc1)/c1ccc(N(c2cccnc2)c2cccnc2)cc1. The summed E-state index contributed by atoms with van der Waals surface area (Å²) in [5.41, 5.74) is 19.1. The molecule has 0 aliphatic heterocycles. The first-order chi connectivity index (χ1) is 33.3. The Balaban J connectivity index is 1.06. The van der Waals surface area contributed by atoms with Crippen LogP contribution in [0.15, 0.2) is 255 Å². The lowest BCUT2D eigenvalue weighted by Gasteiger charge is -2.34. The van der Waals surface area contributed by atoms with Crippen LogP contribution in [0.1, 0.15) is 33.4 Å². The maximum absolute atomic E-state index is 4.41. The van der Waals surface area contributed by atoms with E-state index in [0.29, 0.717) is 0 Å². The van der Waals surface area contributed by atoms with E-state index in [1.807, 2.05) is 24.5 Å². The van der Waals surface area contributed by atoms with Crippen LogP contribution < -0.4 is 4.90 Å². The number of hydrogen-bond acceptors (Lipinski definition) is 3. The van der Waals surface area contributed by atoms with E-state index < -0.39 is 5.41 Å². The second-order valence-corrected chi connectivity index (χ2v) is 17.0. The summed E-state index contributed by atoms with van der Waals surface area (Å²) >= 11 is 0. The van der Waals surface area contributed by atoms with Crippen molar-refractivity contribution in [2.75, 3.05) is 4.90 Å². The van der Waals surface area contributed by atoms with E-state index in [-0.39, 0.29) is 0 Å². The van der Waals surface area contributed by atoms with E-state index in [1.165, 1.54) is 66.7 Å². The summed E-state index contributed by atoms with van der Waals surface area (Å²) in [5.74, 6) is 0. The van der Waals surface area contributed by atoms with Crippen molar-refractivity contribution in [3.05, 3.63) is 289 Å². The van der Waals surface area contributed by atoms with Gasteiger partial charge in [-0.25, -0.2) is 0 Å². The molecule has 0 radical (unpaired) electrons. The van der Waals surface area contributed by atoms with Crippen molar-refractivity contribution < 1.29 is 0 Å². The average molecular weight is 857 g/mol. The van der Waals surface area contributed by atoms with Gasteiger partial charge in [-0.05, 0) is 122 Å². The van der Waals surface area contributed by atoms with Crippen molar-refractivity contribution >= 4 is 40.1 Å². The Labute approximate surface area is 391 Å². The number of hydrogen-bond donors (Lipinski definition) is 0. The smallest absolute Gasteiger partial charge is 0.0714 e. The Morgan fingerprint density at radius 3 is 1.52 bits per heavy atom. The highest BCUT2D eigenvalue weighted by atomic mass is 15.2. The number of aromatic nitrogens is 3. The van der Waals surface area contributed by atoms with Gasteiger partial charge in [-0.15, -0.1) is 0 Å². The molecule has 3 aromatic heterocycles. The molecule has 4 nitrogen and oxygen atoms in total. The van der Waals surface area contributed by atoms with E-state index >= 15 is 0 Å². The lowest BCUT2D eigenvalue weighted by atomic mass is 9.67. The van der Waals surface area contributed by atoms with E-state index in [1.54, 1.807) is 12.4 Å². The normalized spacial score (nSPS) is 12.5. The van der Waals surface area contributed by atoms with Crippen molar-refractivity contribution in [3.8, 4) is 39.2 Å². The van der Waals surface area contributed by atoms with Gasteiger partial charge in [-0.3, -0.25) is 9.97 Å². The molecular formula is C63H44N4. The van der Waals surface area contributed by atoms with E-state index in [9.17, 15) is 0 Å². The van der Waals surface area contributed by atoms with Gasteiger partial charge < -0.3 is 9.47 Å². The zero-order valence-corrected chi connectivity index (χ0v) is 36.7. The third-order valence-electron chi connectivity index (χ3n) is 13.2. The molecule has 8 aromatic carbocycles. The Kier molecular flexibility index (Phi) is 10.0. The molecule has 0 unspecified atom stereocenters. The Morgan fingerprint density at radius 2 is 0.940 bits per heavy atom. The van der Waals surface area contributed by atoms with Gasteiger partial charge in [0.05, 0.1) is 40.4 Å². The Bertz CT molecular complexity index is 3440. The fourth-order valence-electron chi connectivity index (χ4n) is 10.3. The summed E-state index contributed by atoms with van der Waals surface area (Å²) in [5, 5.41) is 1.22. The molecule has 0 bridgehead atoms. The topological polar surface area (TPSA) is 34.0 Å². The minimum atomic E-state index is -0.611. The maximum Gasteiger partial charge on any atom is 0.0714 e. The summed E-state index contributed by atoms with van der Waals surface area (Å²) in [4.78, 5) is 11.0. The molecule has 11 aromatic rings. The van der Waals surface area contributed by atoms with Crippen LogP contribution in [-0.4, -0.2) is 14.5 Å². The molecule has 316 valence electrons. The number of pyridine rings is 2. The van der Waals surface area contributed by atoms with Gasteiger partial charge >= 0.3 is 0 Å². The maximum atomic E-state index is 4.41. The lowest BCUT2D eigenvalue weighted by molar-refractivity contribution is 0.769. The number of nitrogens with zero attached hydrogens (tertiary/aromatic N) is 4. The van der Waals surface area contributed by atoms with Crippen LogP contribution in [0, 0.1) is 0 Å². The molecule has 0 atom stereocenters. The molecule has 3 heterocycles. The zero-order valence-electron chi connectivity index (χ0n) is 36.7. The van der Waals surface area contributed by atoms with Crippen molar-refractivity contribution in [1.29, 1.82) is 0 Å². The highest BCUT2D eigenvalue weighted by Crippen LogP contribution is 2.58. The minimum Gasteiger partial charge on any atom is -0.309 e. The molecule has 4 heteroatoms. The molecule has 1 aliphatic carbocycles. The predicted molar refractivity (Wildman–Crippen MR) is 277 cm³/mol. The molecule has 67 heavy (non-hydrogen) atoms. The van der Waals surface area contributed by atoms with Crippen LogP contribution in [0.5, 0.6) is 0 Å². The first kappa shape index (κ1) is 39.7. The lowest BCUT2D eigenvalue weighted by Crippen LogP contribution is -2.28. The summed E-state index contributed by atoms with van der Waals surface area (Å²) in [6.07, 6.45) is 11.8. The quantitative estimate of drug-likeness (QED) is 0.129. The summed E-state index contributed by atoms with van der Waals surface area (Å²) in [6, 6.07) is 83.6. The van der Waals surface area contributed by atoms with Gasteiger partial charge in [-0.2, -0.15) is 0 Å². The molecule has 0 N–H and O–H groups in total. The molecular weight excluding hydrogens is 813 g/mol. The van der Waals surface area contributed by atoms with Gasteiger partial charge in [-0.1, -0.05) is 176 Å². The van der Waals surface area contributed by atoms with Crippen molar-refractivity contribution in [2.24, 2.45) is 0 Å². The minimum absolute atomic E-state index is 0.611. The third kappa shape index (κ3) is 6.86. The number of fused-ring (bicyclic) bond motifs is 4. The van der Waals surface area contributed by atoms with Crippen molar-refractivity contribution in [3.63, 3.8) is 0 Å². The van der Waals surface area contributed by atoms with Crippen LogP contribution >= 0.6 is 0 Å². The fraction of sp³-hybridized carbons (Fsp3) is 0.0159. The largest absolute Gasteiger partial charge is 0.309 e. The second kappa shape index (κ2) is 16.9. The van der Waals surface area contributed by atoms with Crippen LogP contribution in [0.25, 0.3) is 62.3 Å². The zero-order chi connectivity index (χ0) is 44.6. The predicted octanol–water partition coefficient (Wildman–Crippen LogP) is 15.8. The highest BCUT2D eigenvalue weighted by molar-refractivity contribution is 6.09. The van der Waals surface area contributed by atoms with Gasteiger partial charge in [0.15, 0.2) is 0 Å². The molecule has 1 aliphatic rings. The second-order valence-electron chi connectivity index (χ2n) is 17.0. The number of rotatable bonds is 10. The van der Waals surface area contributed by atoms with Crippen LogP contribution in [0.3, 0.4) is 0 Å². The first-order valence-electron chi connectivity index (χ1n) is 22.8. The molecule has 0 spiro atoms. The van der Waals surface area contributed by atoms with E-state index in [4.69, 9.17) is 0 Å². The van der Waals surface area contributed by atoms with Crippen LogP contribution in [-0.2, 0) is 5.41 Å². The number of benzene rings is 8. The van der Waals surface area contributed by atoms with Gasteiger partial charge in [0, 0.05) is 34.7 Å². The first-order valence-corrected chi connectivity index (χ1v) is 22.8. The number of para-hydroxylation sites is 1. The summed E-state index contributed by atoms with van der Waals surface area (Å²) in [7, 11) is 0. The summed E-state index contributed by atoms with van der Waals surface area (Å²) in [6.45, 7) is 0. The van der Waals surface area contributed by atoms with Gasteiger partial charge in [0.2, 0.25) is 0 Å². The van der Waals surface area contributed by atoms with Crippen molar-refractivity contribution in [2.45, 2.75) is 5.41 Å². The van der Waals surface area contributed by atoms with Gasteiger partial charge in [0.1, 0.15) is 0 Å². The van der Waals surface area contributed by atoms with Gasteiger partial charge in [0.25, 0.3) is 0 Å². The highest BCUT2D eigenvalue weighted by Gasteiger charge is 2.47. The van der Waals surface area contributed by atoms with E-state index in [2.05, 4.69) is 250 Å². The molecule has 0 amide bonds. The van der Waals surface area contributed by atoms with Crippen LogP contribution in [0.4, 0.5) is 17.1 Å². The molecule has 0 saturated heterocycles. The fourth-order valence-corrected chi connectivity index (χ4v) is 10.3. The Hall–Kier alpha value is -8.86. The number of anilines is 3. The van der Waals surface area contributed by atoms with Crippen LogP contribution in [0.2, 0.25) is 0 Å². The molecule has 0 saturated carbocycles.